The molecule has 2 atom stereocenters. The Kier molecular flexibility index (Phi) is 5.06. The molecule has 6 nitrogen and oxygen atoms in total. The quantitative estimate of drug-likeness (QED) is 0.552. The zero-order chi connectivity index (χ0) is 21.5. The number of benzene rings is 1. The average Bonchev–Trinajstić information content (AvgIpc) is 3.38. The Morgan fingerprint density at radius 1 is 1.19 bits per heavy atom. The van der Waals surface area contributed by atoms with E-state index in [0.29, 0.717) is 29.6 Å². The first-order chi connectivity index (χ1) is 15.0. The maximum atomic E-state index is 12.9. The van der Waals surface area contributed by atoms with Gasteiger partial charge in [0.25, 0.3) is 5.91 Å². The summed E-state index contributed by atoms with van der Waals surface area (Å²) in [6.07, 6.45) is 2.72. The fourth-order valence-corrected chi connectivity index (χ4v) is 5.69. The molecule has 1 aliphatic carbocycles. The van der Waals surface area contributed by atoms with Gasteiger partial charge in [0.15, 0.2) is 6.17 Å². The highest BCUT2D eigenvalue weighted by molar-refractivity contribution is 7.16. The van der Waals surface area contributed by atoms with Crippen LogP contribution in [0.2, 0.25) is 0 Å². The SMILES string of the molecule is CCOC(=O)c1ccc(-c2ccc([C@H]3NC(=O)c4c(sc5c4CC[C@H](C)C5)N3)o2)cc1. The minimum Gasteiger partial charge on any atom is -0.462 e. The van der Waals surface area contributed by atoms with E-state index < -0.39 is 6.17 Å². The van der Waals surface area contributed by atoms with Gasteiger partial charge >= 0.3 is 5.97 Å². The van der Waals surface area contributed by atoms with Crippen molar-refractivity contribution in [1.29, 1.82) is 0 Å². The Hall–Kier alpha value is -3.06. The van der Waals surface area contributed by atoms with Gasteiger partial charge in [-0.1, -0.05) is 19.1 Å². The molecule has 1 amide bonds. The third-order valence-electron chi connectivity index (χ3n) is 5.88. The van der Waals surface area contributed by atoms with Crippen LogP contribution < -0.4 is 10.6 Å². The molecule has 0 saturated carbocycles. The number of hydrogen-bond acceptors (Lipinski definition) is 6. The number of anilines is 1. The van der Waals surface area contributed by atoms with Crippen LogP contribution in [-0.4, -0.2) is 18.5 Å². The van der Waals surface area contributed by atoms with E-state index in [0.717, 1.165) is 35.4 Å². The molecule has 0 fully saturated rings. The van der Waals surface area contributed by atoms with Crippen molar-refractivity contribution >= 4 is 28.2 Å². The van der Waals surface area contributed by atoms with Gasteiger partial charge in [0.2, 0.25) is 0 Å². The Balaban J connectivity index is 1.36. The Morgan fingerprint density at radius 3 is 2.77 bits per heavy atom. The first kappa shape index (κ1) is 19.9. The lowest BCUT2D eigenvalue weighted by Crippen LogP contribution is -2.38. The fraction of sp³-hybridized carbons (Fsp3) is 0.333. The number of nitrogens with one attached hydrogen (secondary N) is 2. The van der Waals surface area contributed by atoms with E-state index in [1.54, 1.807) is 30.4 Å². The summed E-state index contributed by atoms with van der Waals surface area (Å²) in [5, 5.41) is 7.43. The van der Waals surface area contributed by atoms with E-state index >= 15 is 0 Å². The largest absolute Gasteiger partial charge is 0.462 e. The first-order valence-electron chi connectivity index (χ1n) is 10.6. The van der Waals surface area contributed by atoms with Crippen LogP contribution in [0.15, 0.2) is 40.8 Å². The highest BCUT2D eigenvalue weighted by atomic mass is 32.1. The van der Waals surface area contributed by atoms with Crippen molar-refractivity contribution < 1.29 is 18.7 Å². The smallest absolute Gasteiger partial charge is 0.338 e. The molecule has 0 radical (unpaired) electrons. The first-order valence-corrected chi connectivity index (χ1v) is 11.4. The van der Waals surface area contributed by atoms with E-state index in [1.165, 1.54) is 10.4 Å². The summed E-state index contributed by atoms with van der Waals surface area (Å²) in [7, 11) is 0. The monoisotopic (exact) mass is 436 g/mol. The van der Waals surface area contributed by atoms with Gasteiger partial charge in [-0.05, 0) is 61.9 Å². The van der Waals surface area contributed by atoms with Gasteiger partial charge in [-0.2, -0.15) is 0 Å². The van der Waals surface area contributed by atoms with Crippen LogP contribution in [0.25, 0.3) is 11.3 Å². The second-order valence-corrected chi connectivity index (χ2v) is 9.21. The lowest BCUT2D eigenvalue weighted by molar-refractivity contribution is 0.0526. The average molecular weight is 437 g/mol. The van der Waals surface area contributed by atoms with Crippen molar-refractivity contribution in [3.05, 3.63) is 63.7 Å². The van der Waals surface area contributed by atoms with Crippen LogP contribution in [0.5, 0.6) is 0 Å². The maximum Gasteiger partial charge on any atom is 0.338 e. The summed E-state index contributed by atoms with van der Waals surface area (Å²) in [4.78, 5) is 26.0. The van der Waals surface area contributed by atoms with Crippen LogP contribution >= 0.6 is 11.3 Å². The minimum absolute atomic E-state index is 0.0393. The molecular weight excluding hydrogens is 412 g/mol. The third-order valence-corrected chi connectivity index (χ3v) is 7.07. The lowest BCUT2D eigenvalue weighted by atomic mass is 9.88. The van der Waals surface area contributed by atoms with Crippen LogP contribution in [0.3, 0.4) is 0 Å². The van der Waals surface area contributed by atoms with Crippen LogP contribution in [0.1, 0.15) is 63.4 Å². The van der Waals surface area contributed by atoms with Crippen molar-refractivity contribution in [2.24, 2.45) is 5.92 Å². The van der Waals surface area contributed by atoms with Crippen LogP contribution in [-0.2, 0) is 17.6 Å². The number of esters is 1. The maximum absolute atomic E-state index is 12.9. The van der Waals surface area contributed by atoms with Crippen molar-refractivity contribution in [1.82, 2.24) is 5.32 Å². The molecule has 0 unspecified atom stereocenters. The van der Waals surface area contributed by atoms with Gasteiger partial charge in [0.05, 0.1) is 17.7 Å². The minimum atomic E-state index is -0.412. The van der Waals surface area contributed by atoms with Crippen molar-refractivity contribution in [2.75, 3.05) is 11.9 Å². The number of ether oxygens (including phenoxy) is 1. The number of thiophene rings is 1. The molecule has 0 saturated heterocycles. The summed E-state index contributed by atoms with van der Waals surface area (Å²) in [5.41, 5.74) is 3.37. The van der Waals surface area contributed by atoms with Crippen LogP contribution in [0, 0.1) is 5.92 Å². The second kappa shape index (κ2) is 7.89. The molecule has 31 heavy (non-hydrogen) atoms. The van der Waals surface area contributed by atoms with E-state index in [4.69, 9.17) is 9.15 Å². The number of amides is 1. The number of rotatable bonds is 4. The molecule has 1 aliphatic heterocycles. The fourth-order valence-electron chi connectivity index (χ4n) is 4.25. The molecular formula is C24H24N2O4S. The van der Waals surface area contributed by atoms with Gasteiger partial charge in [0, 0.05) is 10.4 Å². The van der Waals surface area contributed by atoms with Gasteiger partial charge < -0.3 is 19.8 Å². The van der Waals surface area contributed by atoms with Gasteiger partial charge in [-0.25, -0.2) is 4.79 Å². The number of carbonyl (C=O) groups is 2. The van der Waals surface area contributed by atoms with Crippen molar-refractivity contribution in [3.8, 4) is 11.3 Å². The van der Waals surface area contributed by atoms with E-state index in [1.807, 2.05) is 24.3 Å². The molecule has 3 aromatic rings. The number of fused-ring (bicyclic) bond motifs is 3. The summed E-state index contributed by atoms with van der Waals surface area (Å²) < 4.78 is 11.1. The zero-order valence-corrected chi connectivity index (χ0v) is 18.3. The second-order valence-electron chi connectivity index (χ2n) is 8.11. The predicted octanol–water partition coefficient (Wildman–Crippen LogP) is 5.16. The lowest BCUT2D eigenvalue weighted by Gasteiger charge is -2.25. The molecule has 2 aromatic heterocycles. The third kappa shape index (κ3) is 3.63. The van der Waals surface area contributed by atoms with Gasteiger partial charge in [-0.3, -0.25) is 4.79 Å². The van der Waals surface area contributed by atoms with Crippen molar-refractivity contribution in [3.63, 3.8) is 0 Å². The standard InChI is InChI=1S/C24H24N2O4S/c1-3-29-24(28)15-7-5-14(6-8-15)17-10-11-18(30-17)21-25-22(27)20-16-9-4-13(2)12-19(16)31-23(20)26-21/h5-8,10-11,13,21,26H,3-4,9,12H2,1-2H3,(H,25,27)/t13-,21-/m0/s1. The van der Waals surface area contributed by atoms with Crippen LogP contribution in [0.4, 0.5) is 5.00 Å². The molecule has 0 bridgehead atoms. The Morgan fingerprint density at radius 2 is 2.00 bits per heavy atom. The zero-order valence-electron chi connectivity index (χ0n) is 17.5. The molecule has 2 aliphatic rings. The molecule has 1 aromatic carbocycles. The molecule has 7 heteroatoms. The van der Waals surface area contributed by atoms with Gasteiger partial charge in [-0.15, -0.1) is 11.3 Å². The summed E-state index contributed by atoms with van der Waals surface area (Å²) >= 11 is 1.70. The topological polar surface area (TPSA) is 80.6 Å². The number of hydrogen-bond donors (Lipinski definition) is 2. The number of carbonyl (C=O) groups excluding carboxylic acids is 2. The van der Waals surface area contributed by atoms with E-state index in [-0.39, 0.29) is 11.9 Å². The summed E-state index contributed by atoms with van der Waals surface area (Å²) in [6, 6.07) is 10.8. The predicted molar refractivity (Wildman–Crippen MR) is 119 cm³/mol. The van der Waals surface area contributed by atoms with E-state index in [2.05, 4.69) is 17.6 Å². The highest BCUT2D eigenvalue weighted by Gasteiger charge is 2.34. The summed E-state index contributed by atoms with van der Waals surface area (Å²) in [6.45, 7) is 4.39. The molecule has 0 spiro atoms. The van der Waals surface area contributed by atoms with E-state index in [9.17, 15) is 9.59 Å². The summed E-state index contributed by atoms with van der Waals surface area (Å²) in [5.74, 6) is 1.60. The number of furan rings is 1. The van der Waals surface area contributed by atoms with Gasteiger partial charge in [0.1, 0.15) is 16.5 Å². The molecule has 160 valence electrons. The molecule has 5 rings (SSSR count). The Bertz CT molecular complexity index is 1150. The Labute approximate surface area is 184 Å². The highest BCUT2D eigenvalue weighted by Crippen LogP contribution is 2.42. The molecule has 2 N–H and O–H groups in total. The molecule has 3 heterocycles. The normalized spacial score (nSPS) is 19.7. The van der Waals surface area contributed by atoms with Crippen molar-refractivity contribution in [2.45, 2.75) is 39.3 Å².